The lowest BCUT2D eigenvalue weighted by Gasteiger charge is -2.07. The maximum absolute atomic E-state index is 9.59. The van der Waals surface area contributed by atoms with Crippen LogP contribution in [0.1, 0.15) is 11.8 Å². The van der Waals surface area contributed by atoms with Gasteiger partial charge in [0.1, 0.15) is 0 Å². The van der Waals surface area contributed by atoms with E-state index < -0.39 is 0 Å². The lowest BCUT2D eigenvalue weighted by molar-refractivity contribution is 0.201. The van der Waals surface area contributed by atoms with Crippen molar-refractivity contribution >= 4 is 34.7 Å². The van der Waals surface area contributed by atoms with E-state index in [1.807, 2.05) is 12.1 Å². The molecule has 1 aromatic rings. The third-order valence-electron chi connectivity index (χ3n) is 1.58. The van der Waals surface area contributed by atoms with Gasteiger partial charge in [-0.1, -0.05) is 18.5 Å². The van der Waals surface area contributed by atoms with E-state index in [1.165, 1.54) is 0 Å². The lowest BCUT2D eigenvalue weighted by atomic mass is 10.2. The molecule has 0 aliphatic carbocycles. The summed E-state index contributed by atoms with van der Waals surface area (Å²) in [6.45, 7) is 2.10. The first-order valence-electron chi connectivity index (χ1n) is 4.22. The molecule has 0 bridgehead atoms. The van der Waals surface area contributed by atoms with Gasteiger partial charge >= 0.3 is 0 Å². The zero-order chi connectivity index (χ0) is 9.68. The molecule has 0 radical (unpaired) electrons. The van der Waals surface area contributed by atoms with Crippen molar-refractivity contribution in [2.45, 2.75) is 19.4 Å². The predicted molar refractivity (Wildman–Crippen MR) is 62.0 cm³/mol. The highest BCUT2D eigenvalue weighted by molar-refractivity contribution is 7.99. The zero-order valence-electron chi connectivity index (χ0n) is 7.50. The summed E-state index contributed by atoms with van der Waals surface area (Å²) in [7, 11) is 0. The SMILES string of the molecule is CCSCC(O)Cc1ccc(Cl)s1. The molecule has 0 aromatic carbocycles. The molecule has 0 saturated carbocycles. The molecule has 0 amide bonds. The highest BCUT2D eigenvalue weighted by Crippen LogP contribution is 2.23. The van der Waals surface area contributed by atoms with Gasteiger partial charge in [-0.3, -0.25) is 0 Å². The van der Waals surface area contributed by atoms with Crippen molar-refractivity contribution in [1.82, 2.24) is 0 Å². The second-order valence-corrected chi connectivity index (χ2v) is 5.84. The molecule has 1 heterocycles. The molecular weight excluding hydrogens is 224 g/mol. The maximum Gasteiger partial charge on any atom is 0.0931 e. The third kappa shape index (κ3) is 4.36. The van der Waals surface area contributed by atoms with Crippen LogP contribution in [-0.2, 0) is 6.42 Å². The molecule has 74 valence electrons. The first-order valence-corrected chi connectivity index (χ1v) is 6.57. The van der Waals surface area contributed by atoms with Crippen molar-refractivity contribution in [3.63, 3.8) is 0 Å². The molecular formula is C9H13ClOS2. The Bertz CT molecular complexity index is 250. The Labute approximate surface area is 92.1 Å². The summed E-state index contributed by atoms with van der Waals surface area (Å²) in [4.78, 5) is 1.16. The van der Waals surface area contributed by atoms with Crippen LogP contribution in [0.15, 0.2) is 12.1 Å². The van der Waals surface area contributed by atoms with E-state index in [0.29, 0.717) is 0 Å². The number of rotatable bonds is 5. The van der Waals surface area contributed by atoms with Gasteiger partial charge in [0, 0.05) is 17.1 Å². The van der Waals surface area contributed by atoms with Crippen molar-refractivity contribution in [2.75, 3.05) is 11.5 Å². The van der Waals surface area contributed by atoms with Crippen LogP contribution in [0.25, 0.3) is 0 Å². The average Bonchev–Trinajstić information content (AvgIpc) is 2.48. The molecule has 0 aliphatic rings. The summed E-state index contributed by atoms with van der Waals surface area (Å²) in [5, 5.41) is 9.59. The van der Waals surface area contributed by atoms with E-state index in [-0.39, 0.29) is 6.10 Å². The standard InChI is InChI=1S/C9H13ClOS2/c1-2-12-6-7(11)5-8-3-4-9(10)13-8/h3-4,7,11H,2,5-6H2,1H3. The molecule has 0 aliphatic heterocycles. The van der Waals surface area contributed by atoms with Crippen molar-refractivity contribution in [3.05, 3.63) is 21.3 Å². The second-order valence-electron chi connectivity index (χ2n) is 2.72. The topological polar surface area (TPSA) is 20.2 Å². The van der Waals surface area contributed by atoms with Gasteiger partial charge in [-0.25, -0.2) is 0 Å². The Morgan fingerprint density at radius 1 is 1.62 bits per heavy atom. The van der Waals surface area contributed by atoms with Gasteiger partial charge < -0.3 is 5.11 Å². The molecule has 1 atom stereocenters. The van der Waals surface area contributed by atoms with E-state index in [9.17, 15) is 5.11 Å². The highest BCUT2D eigenvalue weighted by atomic mass is 35.5. The molecule has 0 spiro atoms. The van der Waals surface area contributed by atoms with Crippen LogP contribution in [0.3, 0.4) is 0 Å². The predicted octanol–water partition coefficient (Wildman–Crippen LogP) is 3.06. The number of thiophene rings is 1. The fourth-order valence-electron chi connectivity index (χ4n) is 1.01. The van der Waals surface area contributed by atoms with E-state index in [0.717, 1.165) is 27.1 Å². The molecule has 1 rings (SSSR count). The summed E-state index contributed by atoms with van der Waals surface area (Å²) in [5.41, 5.74) is 0. The van der Waals surface area contributed by atoms with Gasteiger partial charge in [-0.2, -0.15) is 11.8 Å². The smallest absolute Gasteiger partial charge is 0.0931 e. The molecule has 0 fully saturated rings. The van der Waals surface area contributed by atoms with Gasteiger partial charge in [-0.05, 0) is 17.9 Å². The van der Waals surface area contributed by atoms with Crippen molar-refractivity contribution in [3.8, 4) is 0 Å². The Balaban J connectivity index is 2.31. The maximum atomic E-state index is 9.59. The van der Waals surface area contributed by atoms with Crippen LogP contribution in [0.4, 0.5) is 0 Å². The van der Waals surface area contributed by atoms with Crippen LogP contribution in [0.5, 0.6) is 0 Å². The van der Waals surface area contributed by atoms with Gasteiger partial charge in [-0.15, -0.1) is 11.3 Å². The number of halogens is 1. The van der Waals surface area contributed by atoms with Gasteiger partial charge in [0.15, 0.2) is 0 Å². The summed E-state index contributed by atoms with van der Waals surface area (Å²) in [5.74, 6) is 1.87. The first-order chi connectivity index (χ1) is 6.22. The summed E-state index contributed by atoms with van der Waals surface area (Å²) >= 11 is 9.09. The van der Waals surface area contributed by atoms with Crippen LogP contribution < -0.4 is 0 Å². The Hall–Kier alpha value is 0.300. The van der Waals surface area contributed by atoms with E-state index in [1.54, 1.807) is 23.1 Å². The van der Waals surface area contributed by atoms with Crippen molar-refractivity contribution in [2.24, 2.45) is 0 Å². The molecule has 0 saturated heterocycles. The minimum Gasteiger partial charge on any atom is -0.392 e. The quantitative estimate of drug-likeness (QED) is 0.848. The van der Waals surface area contributed by atoms with Crippen LogP contribution >= 0.6 is 34.7 Å². The van der Waals surface area contributed by atoms with Crippen LogP contribution in [0.2, 0.25) is 4.34 Å². The lowest BCUT2D eigenvalue weighted by Crippen LogP contribution is -2.12. The molecule has 4 heteroatoms. The third-order valence-corrected chi connectivity index (χ3v) is 3.86. The number of hydrogen-bond acceptors (Lipinski definition) is 3. The molecule has 1 unspecified atom stereocenters. The Morgan fingerprint density at radius 3 is 2.92 bits per heavy atom. The minimum absolute atomic E-state index is 0.236. The second kappa shape index (κ2) is 5.91. The van der Waals surface area contributed by atoms with Crippen molar-refractivity contribution < 1.29 is 5.11 Å². The molecule has 1 aromatic heterocycles. The van der Waals surface area contributed by atoms with Gasteiger partial charge in [0.05, 0.1) is 10.4 Å². The average molecular weight is 237 g/mol. The number of aliphatic hydroxyl groups is 1. The minimum atomic E-state index is -0.236. The highest BCUT2D eigenvalue weighted by Gasteiger charge is 2.06. The molecule has 1 nitrogen and oxygen atoms in total. The molecule has 1 N–H and O–H groups in total. The first kappa shape index (κ1) is 11.4. The summed E-state index contributed by atoms with van der Waals surface area (Å²) in [6, 6.07) is 3.86. The normalized spacial score (nSPS) is 13.2. The monoisotopic (exact) mass is 236 g/mol. The summed E-state index contributed by atoms with van der Waals surface area (Å²) in [6.07, 6.45) is 0.490. The number of thioether (sulfide) groups is 1. The summed E-state index contributed by atoms with van der Waals surface area (Å²) < 4.78 is 0.797. The van der Waals surface area contributed by atoms with E-state index >= 15 is 0 Å². The number of aliphatic hydroxyl groups excluding tert-OH is 1. The van der Waals surface area contributed by atoms with E-state index in [4.69, 9.17) is 11.6 Å². The van der Waals surface area contributed by atoms with Gasteiger partial charge in [0.2, 0.25) is 0 Å². The fourth-order valence-corrected chi connectivity index (χ4v) is 2.79. The van der Waals surface area contributed by atoms with Gasteiger partial charge in [0.25, 0.3) is 0 Å². The van der Waals surface area contributed by atoms with Crippen LogP contribution in [-0.4, -0.2) is 22.7 Å². The Kier molecular flexibility index (Phi) is 5.17. The molecule has 13 heavy (non-hydrogen) atoms. The largest absolute Gasteiger partial charge is 0.392 e. The van der Waals surface area contributed by atoms with Crippen molar-refractivity contribution in [1.29, 1.82) is 0 Å². The van der Waals surface area contributed by atoms with E-state index in [2.05, 4.69) is 6.92 Å². The van der Waals surface area contributed by atoms with Crippen LogP contribution in [0, 0.1) is 0 Å². The Morgan fingerprint density at radius 2 is 2.38 bits per heavy atom. The zero-order valence-corrected chi connectivity index (χ0v) is 9.88. The fraction of sp³-hybridized carbons (Fsp3) is 0.556. The number of hydrogen-bond donors (Lipinski definition) is 1.